The zero-order chi connectivity index (χ0) is 29.1. The fourth-order valence-corrected chi connectivity index (χ4v) is 5.70. The normalized spacial score (nSPS) is 14.4. The van der Waals surface area contributed by atoms with Gasteiger partial charge in [0.1, 0.15) is 10.6 Å². The number of methoxy groups -OCH3 is 1. The van der Waals surface area contributed by atoms with E-state index in [4.69, 9.17) is 5.41 Å². The molecule has 38 heavy (non-hydrogen) atoms. The van der Waals surface area contributed by atoms with Gasteiger partial charge in [0.15, 0.2) is 15.5 Å². The average molecular weight is 561 g/mol. The van der Waals surface area contributed by atoms with E-state index in [1.54, 1.807) is 28.1 Å². The van der Waals surface area contributed by atoms with Gasteiger partial charge in [0.05, 0.1) is 5.75 Å². The van der Waals surface area contributed by atoms with Crippen LogP contribution in [0.5, 0.6) is 0 Å². The summed E-state index contributed by atoms with van der Waals surface area (Å²) in [6.07, 6.45) is -1.80. The Morgan fingerprint density at radius 2 is 1.82 bits per heavy atom. The summed E-state index contributed by atoms with van der Waals surface area (Å²) in [4.78, 5) is 0. The number of nitrogens with zero attached hydrogens (tertiary/aromatic N) is 2. The van der Waals surface area contributed by atoms with Crippen LogP contribution in [0.1, 0.15) is 69.7 Å². The third kappa shape index (κ3) is 7.22. The Bertz CT molecular complexity index is 1290. The second-order valence-corrected chi connectivity index (χ2v) is 12.4. The number of sulfone groups is 1. The zero-order valence-electron chi connectivity index (χ0n) is 22.8. The lowest BCUT2D eigenvalue weighted by atomic mass is 10.0. The molecule has 7 nitrogen and oxygen atoms in total. The van der Waals surface area contributed by atoms with Crippen molar-refractivity contribution in [3.63, 3.8) is 0 Å². The molecule has 2 aromatic rings. The highest BCUT2D eigenvalue weighted by atomic mass is 32.2. The molecule has 3 rings (SSSR count). The fraction of sp³-hybridized carbons (Fsp3) is 0.538. The smallest absolute Gasteiger partial charge is 0.388 e. The molecule has 12 heteroatoms. The topological polar surface area (TPSA) is 97.1 Å². The van der Waals surface area contributed by atoms with Crippen LogP contribution >= 0.6 is 0 Å². The van der Waals surface area contributed by atoms with Crippen LogP contribution in [-0.4, -0.2) is 48.6 Å². The number of aromatic nitrogens is 2. The molecule has 0 aliphatic heterocycles. The number of allylic oxidation sites excluding steroid dienone is 1. The number of alkyl halides is 3. The van der Waals surface area contributed by atoms with Crippen LogP contribution in [0.2, 0.25) is 0 Å². The van der Waals surface area contributed by atoms with Crippen molar-refractivity contribution in [3.05, 3.63) is 52.6 Å². The number of hydrogen-bond acceptors (Lipinski definition) is 6. The largest absolute Gasteiger partial charge is 0.435 e. The molecule has 1 aliphatic rings. The van der Waals surface area contributed by atoms with Gasteiger partial charge in [-0.15, -0.1) is 0 Å². The molecule has 1 unspecified atom stereocenters. The Kier molecular flexibility index (Phi) is 9.93. The van der Waals surface area contributed by atoms with Gasteiger partial charge in [0, 0.05) is 50.1 Å². The molecule has 0 bridgehead atoms. The predicted molar refractivity (Wildman–Crippen MR) is 142 cm³/mol. The predicted octanol–water partition coefficient (Wildman–Crippen LogP) is 6.18. The Morgan fingerprint density at radius 3 is 2.32 bits per heavy atom. The first-order valence-electron chi connectivity index (χ1n) is 12.1. The van der Waals surface area contributed by atoms with Crippen molar-refractivity contribution in [1.82, 2.24) is 9.78 Å². The minimum absolute atomic E-state index is 0.0678. The van der Waals surface area contributed by atoms with Crippen molar-refractivity contribution in [3.8, 4) is 0 Å². The van der Waals surface area contributed by atoms with Gasteiger partial charge in [-0.2, -0.15) is 18.3 Å². The van der Waals surface area contributed by atoms with Crippen LogP contribution in [-0.2, 0) is 27.8 Å². The van der Waals surface area contributed by atoms with Gasteiger partial charge >= 0.3 is 6.18 Å². The van der Waals surface area contributed by atoms with Crippen molar-refractivity contribution >= 4 is 26.9 Å². The van der Waals surface area contributed by atoms with Crippen LogP contribution < -0.4 is 5.32 Å². The van der Waals surface area contributed by atoms with Gasteiger partial charge in [-0.3, -0.25) is 4.68 Å². The SMILES string of the molecule is CCC(=N)C(C)(C)S(=O)(=O)CC(C)c1cc(NC(=C2CC2)c2cn(C)nc2C(F)(F)F)ccc1F.COC. The molecule has 1 aromatic carbocycles. The summed E-state index contributed by atoms with van der Waals surface area (Å²) in [5.41, 5.74) is 0.513. The molecule has 0 radical (unpaired) electrons. The lowest BCUT2D eigenvalue weighted by Crippen LogP contribution is -2.42. The van der Waals surface area contributed by atoms with Crippen molar-refractivity contribution in [1.29, 1.82) is 5.41 Å². The molecule has 212 valence electrons. The van der Waals surface area contributed by atoms with Gasteiger partial charge in [-0.25, -0.2) is 12.8 Å². The Hall–Kier alpha value is -2.73. The first kappa shape index (κ1) is 31.5. The number of hydrogen-bond donors (Lipinski definition) is 2. The van der Waals surface area contributed by atoms with Gasteiger partial charge in [-0.1, -0.05) is 13.8 Å². The molecule has 0 amide bonds. The number of aryl methyl sites for hydroxylation is 1. The Balaban J connectivity index is 0.00000161. The highest BCUT2D eigenvalue weighted by molar-refractivity contribution is 7.93. The lowest BCUT2D eigenvalue weighted by molar-refractivity contribution is -0.141. The van der Waals surface area contributed by atoms with Gasteiger partial charge in [0.2, 0.25) is 0 Å². The maximum absolute atomic E-state index is 14.7. The number of anilines is 1. The van der Waals surface area contributed by atoms with Crippen molar-refractivity contribution < 1.29 is 30.7 Å². The van der Waals surface area contributed by atoms with E-state index < -0.39 is 38.2 Å². The summed E-state index contributed by atoms with van der Waals surface area (Å²) >= 11 is 0. The van der Waals surface area contributed by atoms with Crippen LogP contribution in [0.3, 0.4) is 0 Å². The van der Waals surface area contributed by atoms with E-state index in [-0.39, 0.29) is 34.7 Å². The van der Waals surface area contributed by atoms with E-state index >= 15 is 0 Å². The fourth-order valence-electron chi connectivity index (χ4n) is 3.92. The first-order chi connectivity index (χ1) is 17.5. The number of halogens is 4. The molecule has 1 saturated carbocycles. The second-order valence-electron chi connectivity index (χ2n) is 9.84. The molecule has 0 saturated heterocycles. The molecule has 1 fully saturated rings. The molecule has 0 spiro atoms. The third-order valence-electron chi connectivity index (χ3n) is 6.34. The van der Waals surface area contributed by atoms with E-state index in [9.17, 15) is 26.0 Å². The Labute approximate surface area is 221 Å². The van der Waals surface area contributed by atoms with Gasteiger partial charge in [-0.05, 0) is 68.4 Å². The van der Waals surface area contributed by atoms with Gasteiger partial charge < -0.3 is 15.5 Å². The number of ether oxygens (including phenoxy) is 1. The standard InChI is InChI=1S/C24H30F4N4O2S.C2H6O/c1-6-20(29)23(3,4)35(33,34)13-14(2)17-11-16(9-10-19(17)25)30-21(15-7-8-15)18-12-32(5)31-22(18)24(26,27)28;1-3-2/h9-12,14,29-30H,6-8,13H2,1-5H3;1-2H3. The van der Waals surface area contributed by atoms with Crippen LogP contribution in [0, 0.1) is 11.2 Å². The highest BCUT2D eigenvalue weighted by Gasteiger charge is 2.40. The molecular weight excluding hydrogens is 524 g/mol. The highest BCUT2D eigenvalue weighted by Crippen LogP contribution is 2.41. The molecule has 1 aliphatic carbocycles. The van der Waals surface area contributed by atoms with Crippen LogP contribution in [0.25, 0.3) is 5.70 Å². The zero-order valence-corrected chi connectivity index (χ0v) is 23.6. The summed E-state index contributed by atoms with van der Waals surface area (Å²) in [6.45, 7) is 6.22. The monoisotopic (exact) mass is 560 g/mol. The van der Waals surface area contributed by atoms with Crippen molar-refractivity contribution in [2.75, 3.05) is 25.3 Å². The van der Waals surface area contributed by atoms with Gasteiger partial charge in [0.25, 0.3) is 0 Å². The molecular formula is C26H36F4N4O3S. The van der Waals surface area contributed by atoms with E-state index in [0.717, 1.165) is 10.3 Å². The van der Waals surface area contributed by atoms with E-state index in [0.29, 0.717) is 18.5 Å². The molecule has 2 N–H and O–H groups in total. The number of benzene rings is 1. The summed E-state index contributed by atoms with van der Waals surface area (Å²) in [5.74, 6) is -1.73. The van der Waals surface area contributed by atoms with E-state index in [1.807, 2.05) is 0 Å². The Morgan fingerprint density at radius 1 is 1.24 bits per heavy atom. The van der Waals surface area contributed by atoms with E-state index in [1.165, 1.54) is 45.3 Å². The molecule has 1 aromatic heterocycles. The first-order valence-corrected chi connectivity index (χ1v) is 13.7. The average Bonchev–Trinajstić information content (AvgIpc) is 3.57. The van der Waals surface area contributed by atoms with Crippen LogP contribution in [0.15, 0.2) is 30.0 Å². The lowest BCUT2D eigenvalue weighted by Gasteiger charge is -2.27. The minimum Gasteiger partial charge on any atom is -0.388 e. The third-order valence-corrected chi connectivity index (χ3v) is 9.08. The summed E-state index contributed by atoms with van der Waals surface area (Å²) in [7, 11) is 0.865. The second kappa shape index (κ2) is 12.0. The summed E-state index contributed by atoms with van der Waals surface area (Å²) < 4.78 is 85.4. The quantitative estimate of drug-likeness (QED) is 0.282. The number of nitrogens with one attached hydrogen (secondary N) is 2. The minimum atomic E-state index is -4.64. The number of rotatable bonds is 9. The van der Waals surface area contributed by atoms with Crippen LogP contribution in [0.4, 0.5) is 23.2 Å². The maximum atomic E-state index is 14.7. The van der Waals surface area contributed by atoms with E-state index in [2.05, 4.69) is 15.2 Å². The summed E-state index contributed by atoms with van der Waals surface area (Å²) in [6, 6.07) is 4.01. The maximum Gasteiger partial charge on any atom is 0.435 e. The molecule has 1 atom stereocenters. The molecule has 1 heterocycles. The van der Waals surface area contributed by atoms with Crippen molar-refractivity contribution in [2.45, 2.75) is 63.8 Å². The summed E-state index contributed by atoms with van der Waals surface area (Å²) in [5, 5.41) is 14.6. The van der Waals surface area contributed by atoms with Crippen molar-refractivity contribution in [2.24, 2.45) is 7.05 Å².